The van der Waals surface area contributed by atoms with Crippen LogP contribution in [0.2, 0.25) is 0 Å². The number of nitriles is 1. The molecule has 1 heterocycles. The number of hydrogen-bond donors (Lipinski definition) is 0. The second-order valence-corrected chi connectivity index (χ2v) is 3.29. The van der Waals surface area contributed by atoms with E-state index in [4.69, 9.17) is 5.26 Å². The standard InChI is InChI=1S/C9H14N3.BF4/c1-2-5-11-7-8-12(9-11)6-3-4-10;2-1(3,4)5/h7-9H,2-3,5-6H2,1H3;/q+1;-1. The van der Waals surface area contributed by atoms with Crippen molar-refractivity contribution in [1.82, 2.24) is 4.57 Å². The topological polar surface area (TPSA) is 32.6 Å². The number of nitrogens with zero attached hydrogens (tertiary/aromatic N) is 3. The van der Waals surface area contributed by atoms with Crippen LogP contribution in [0, 0.1) is 11.3 Å². The van der Waals surface area contributed by atoms with E-state index in [1.807, 2.05) is 23.3 Å². The highest BCUT2D eigenvalue weighted by molar-refractivity contribution is 6.50. The molecular weight excluding hydrogens is 237 g/mol. The van der Waals surface area contributed by atoms with Crippen LogP contribution in [-0.4, -0.2) is 11.8 Å². The third-order valence-electron chi connectivity index (χ3n) is 1.71. The van der Waals surface area contributed by atoms with Crippen LogP contribution in [0.25, 0.3) is 0 Å². The maximum atomic E-state index is 9.75. The predicted molar refractivity (Wildman–Crippen MR) is 55.3 cm³/mol. The second kappa shape index (κ2) is 7.71. The molecule has 0 fully saturated rings. The number of imidazole rings is 1. The van der Waals surface area contributed by atoms with Gasteiger partial charge in [0.05, 0.1) is 19.0 Å². The summed E-state index contributed by atoms with van der Waals surface area (Å²) >= 11 is 0. The molecule has 0 spiro atoms. The van der Waals surface area contributed by atoms with Gasteiger partial charge in [-0.05, 0) is 6.42 Å². The van der Waals surface area contributed by atoms with E-state index >= 15 is 0 Å². The van der Waals surface area contributed by atoms with E-state index in [9.17, 15) is 17.3 Å². The maximum absolute atomic E-state index is 9.75. The van der Waals surface area contributed by atoms with Crippen LogP contribution in [0.4, 0.5) is 17.3 Å². The van der Waals surface area contributed by atoms with E-state index in [0.29, 0.717) is 6.42 Å². The first kappa shape index (κ1) is 15.5. The third kappa shape index (κ3) is 10.8. The first-order chi connectivity index (χ1) is 7.86. The van der Waals surface area contributed by atoms with Crippen molar-refractivity contribution in [3.05, 3.63) is 18.7 Å². The number of halogens is 4. The van der Waals surface area contributed by atoms with Crippen molar-refractivity contribution in [1.29, 1.82) is 5.26 Å². The molecule has 1 aromatic heterocycles. The first-order valence-corrected chi connectivity index (χ1v) is 5.16. The molecule has 0 amide bonds. The van der Waals surface area contributed by atoms with Crippen molar-refractivity contribution >= 4 is 7.25 Å². The Morgan fingerprint density at radius 2 is 1.94 bits per heavy atom. The minimum atomic E-state index is -6.00. The van der Waals surface area contributed by atoms with Gasteiger partial charge in [0, 0.05) is 0 Å². The van der Waals surface area contributed by atoms with Crippen molar-refractivity contribution in [2.24, 2.45) is 0 Å². The lowest BCUT2D eigenvalue weighted by molar-refractivity contribution is -0.696. The zero-order chi connectivity index (χ0) is 13.3. The Hall–Kier alpha value is -1.52. The van der Waals surface area contributed by atoms with Crippen molar-refractivity contribution in [2.75, 3.05) is 0 Å². The zero-order valence-electron chi connectivity index (χ0n) is 9.49. The Morgan fingerprint density at radius 3 is 2.41 bits per heavy atom. The van der Waals surface area contributed by atoms with E-state index in [1.165, 1.54) is 0 Å². The van der Waals surface area contributed by atoms with Gasteiger partial charge in [0.25, 0.3) is 0 Å². The summed E-state index contributed by atoms with van der Waals surface area (Å²) in [6, 6.07) is 2.13. The van der Waals surface area contributed by atoms with Gasteiger partial charge < -0.3 is 17.3 Å². The molecule has 0 aromatic carbocycles. The average Bonchev–Trinajstić information content (AvgIpc) is 2.61. The highest BCUT2D eigenvalue weighted by Crippen LogP contribution is 2.06. The Kier molecular flexibility index (Phi) is 7.02. The molecule has 0 radical (unpaired) electrons. The molecule has 3 nitrogen and oxygen atoms in total. The molecule has 0 N–H and O–H groups in total. The van der Waals surface area contributed by atoms with Crippen LogP contribution in [0.1, 0.15) is 19.8 Å². The molecular formula is C9H14BF4N3. The molecule has 0 unspecified atom stereocenters. The Labute approximate surface area is 97.4 Å². The maximum Gasteiger partial charge on any atom is 0.673 e. The number of aryl methyl sites for hydroxylation is 2. The van der Waals surface area contributed by atoms with Crippen molar-refractivity contribution in [2.45, 2.75) is 32.9 Å². The summed E-state index contributed by atoms with van der Waals surface area (Å²) in [5, 5.41) is 8.37. The zero-order valence-corrected chi connectivity index (χ0v) is 9.49. The molecule has 0 bridgehead atoms. The lowest BCUT2D eigenvalue weighted by atomic mass is 10.3. The average molecular weight is 251 g/mol. The van der Waals surface area contributed by atoms with E-state index in [2.05, 4.69) is 17.6 Å². The van der Waals surface area contributed by atoms with Crippen molar-refractivity contribution in [3.8, 4) is 6.07 Å². The molecule has 0 aliphatic carbocycles. The quantitative estimate of drug-likeness (QED) is 0.459. The van der Waals surface area contributed by atoms with E-state index < -0.39 is 7.25 Å². The van der Waals surface area contributed by atoms with Crippen LogP contribution in [-0.2, 0) is 13.1 Å². The molecule has 17 heavy (non-hydrogen) atoms. The molecule has 0 atom stereocenters. The summed E-state index contributed by atoms with van der Waals surface area (Å²) in [7, 11) is -6.00. The van der Waals surface area contributed by atoms with Gasteiger partial charge in [0.2, 0.25) is 6.33 Å². The van der Waals surface area contributed by atoms with E-state index in [-0.39, 0.29) is 0 Å². The molecule has 0 saturated heterocycles. The van der Waals surface area contributed by atoms with Gasteiger partial charge in [-0.1, -0.05) is 6.92 Å². The van der Waals surface area contributed by atoms with Crippen LogP contribution in [0.15, 0.2) is 18.7 Å². The molecule has 96 valence electrons. The second-order valence-electron chi connectivity index (χ2n) is 3.29. The van der Waals surface area contributed by atoms with E-state index in [0.717, 1.165) is 19.5 Å². The SMILES string of the molecule is CCC[n+]1ccn(CCC#N)c1.F[B-](F)(F)F. The van der Waals surface area contributed by atoms with Crippen molar-refractivity contribution in [3.63, 3.8) is 0 Å². The molecule has 0 aliphatic heterocycles. The Bertz CT molecular complexity index is 350. The van der Waals surface area contributed by atoms with Gasteiger partial charge >= 0.3 is 7.25 Å². The van der Waals surface area contributed by atoms with Crippen LogP contribution in [0.5, 0.6) is 0 Å². The summed E-state index contributed by atoms with van der Waals surface area (Å²) in [6.45, 7) is 4.01. The largest absolute Gasteiger partial charge is 0.673 e. The summed E-state index contributed by atoms with van der Waals surface area (Å²) in [6.07, 6.45) is 7.82. The van der Waals surface area contributed by atoms with Crippen LogP contribution in [0.3, 0.4) is 0 Å². The fraction of sp³-hybridized carbons (Fsp3) is 0.556. The van der Waals surface area contributed by atoms with Gasteiger partial charge in [-0.2, -0.15) is 5.26 Å². The lowest BCUT2D eigenvalue weighted by Crippen LogP contribution is -2.30. The monoisotopic (exact) mass is 251 g/mol. The van der Waals surface area contributed by atoms with Crippen molar-refractivity contribution < 1.29 is 21.8 Å². The molecule has 1 aromatic rings. The molecule has 0 aliphatic rings. The fourth-order valence-electron chi connectivity index (χ4n) is 1.14. The molecule has 8 heteroatoms. The summed E-state index contributed by atoms with van der Waals surface area (Å²) < 4.78 is 43.2. The van der Waals surface area contributed by atoms with Crippen LogP contribution < -0.4 is 4.57 Å². The van der Waals surface area contributed by atoms with Gasteiger partial charge in [0.15, 0.2) is 0 Å². The number of rotatable bonds is 4. The first-order valence-electron chi connectivity index (χ1n) is 5.16. The minimum absolute atomic E-state index is 0.584. The summed E-state index contributed by atoms with van der Waals surface area (Å²) in [4.78, 5) is 0. The number of aromatic nitrogens is 2. The number of hydrogen-bond acceptors (Lipinski definition) is 1. The molecule has 0 saturated carbocycles. The van der Waals surface area contributed by atoms with Gasteiger partial charge in [-0.15, -0.1) is 0 Å². The Morgan fingerprint density at radius 1 is 1.35 bits per heavy atom. The third-order valence-corrected chi connectivity index (χ3v) is 1.71. The van der Waals surface area contributed by atoms with Gasteiger partial charge in [0.1, 0.15) is 18.9 Å². The van der Waals surface area contributed by atoms with Gasteiger partial charge in [-0.3, -0.25) is 0 Å². The Balaban J connectivity index is 0.000000437. The summed E-state index contributed by atoms with van der Waals surface area (Å²) in [5.74, 6) is 0. The van der Waals surface area contributed by atoms with Crippen LogP contribution >= 0.6 is 0 Å². The normalized spacial score (nSPS) is 10.4. The predicted octanol–water partition coefficient (Wildman–Crippen LogP) is 2.40. The highest BCUT2D eigenvalue weighted by atomic mass is 19.5. The smallest absolute Gasteiger partial charge is 0.418 e. The fourth-order valence-corrected chi connectivity index (χ4v) is 1.14. The highest BCUT2D eigenvalue weighted by Gasteiger charge is 2.20. The molecule has 1 rings (SSSR count). The minimum Gasteiger partial charge on any atom is -0.418 e. The lowest BCUT2D eigenvalue weighted by Gasteiger charge is -1.94. The summed E-state index contributed by atoms with van der Waals surface area (Å²) in [5.41, 5.74) is 0. The van der Waals surface area contributed by atoms with E-state index in [1.54, 1.807) is 0 Å². The van der Waals surface area contributed by atoms with Gasteiger partial charge in [-0.25, -0.2) is 9.13 Å².